The van der Waals surface area contributed by atoms with Gasteiger partial charge in [0.2, 0.25) is 0 Å². The summed E-state index contributed by atoms with van der Waals surface area (Å²) in [6.45, 7) is 0. The van der Waals surface area contributed by atoms with Gasteiger partial charge in [0.25, 0.3) is 5.69 Å². The summed E-state index contributed by atoms with van der Waals surface area (Å²) in [6, 6.07) is 8.37. The van der Waals surface area contributed by atoms with Crippen LogP contribution in [0.3, 0.4) is 0 Å². The molecule has 20 heavy (non-hydrogen) atoms. The molecule has 0 amide bonds. The lowest BCUT2D eigenvalue weighted by atomic mass is 10.2. The minimum atomic E-state index is -0.591. The highest BCUT2D eigenvalue weighted by atomic mass is 79.9. The summed E-state index contributed by atoms with van der Waals surface area (Å²) in [5, 5.41) is 11.1. The maximum atomic E-state index is 13.3. The van der Waals surface area contributed by atoms with E-state index in [0.717, 1.165) is 6.07 Å². The molecule has 7 heteroatoms. The molecule has 104 valence electrons. The summed E-state index contributed by atoms with van der Waals surface area (Å²) in [5.74, 6) is 0.0554. The van der Waals surface area contributed by atoms with E-state index in [4.69, 9.17) is 16.3 Å². The number of hydrogen-bond acceptors (Lipinski definition) is 3. The number of hydrogen-bond donors (Lipinski definition) is 0. The predicted molar refractivity (Wildman–Crippen MR) is 77.2 cm³/mol. The number of nitro benzene ring substituents is 1. The highest BCUT2D eigenvalue weighted by Crippen LogP contribution is 2.30. The largest absolute Gasteiger partial charge is 0.457 e. The zero-order valence-corrected chi connectivity index (χ0v) is 12.3. The molecule has 2 aromatic carbocycles. The van der Waals surface area contributed by atoms with Crippen molar-refractivity contribution in [1.82, 2.24) is 0 Å². The Kier molecular flexibility index (Phi) is 4.57. The minimum absolute atomic E-state index is 0.00203. The average Bonchev–Trinajstić information content (AvgIpc) is 2.42. The number of benzene rings is 2. The molecule has 0 heterocycles. The Labute approximate surface area is 127 Å². The van der Waals surface area contributed by atoms with Crippen molar-refractivity contribution in [3.63, 3.8) is 0 Å². The molecule has 0 aliphatic rings. The van der Waals surface area contributed by atoms with Gasteiger partial charge in [-0.15, -0.1) is 0 Å². The van der Waals surface area contributed by atoms with Crippen LogP contribution in [0.4, 0.5) is 10.1 Å². The summed E-state index contributed by atoms with van der Waals surface area (Å²) in [4.78, 5) is 10.3. The van der Waals surface area contributed by atoms with Crippen molar-refractivity contribution < 1.29 is 14.1 Å². The molecule has 0 N–H and O–H groups in total. The number of nitrogens with zero attached hydrogens (tertiary/aromatic N) is 1. The summed E-state index contributed by atoms with van der Waals surface area (Å²) in [6.07, 6.45) is 0. The van der Waals surface area contributed by atoms with Gasteiger partial charge >= 0.3 is 0 Å². The van der Waals surface area contributed by atoms with Gasteiger partial charge in [0, 0.05) is 23.0 Å². The highest BCUT2D eigenvalue weighted by molar-refractivity contribution is 9.08. The van der Waals surface area contributed by atoms with E-state index in [2.05, 4.69) is 15.9 Å². The second-order valence-corrected chi connectivity index (χ2v) is 4.83. The molecule has 0 aliphatic heterocycles. The van der Waals surface area contributed by atoms with Gasteiger partial charge in [-0.1, -0.05) is 27.5 Å². The Bertz CT molecular complexity index is 666. The lowest BCUT2D eigenvalue weighted by molar-refractivity contribution is -0.385. The fourth-order valence-corrected chi connectivity index (χ4v) is 2.15. The fraction of sp³-hybridized carbons (Fsp3) is 0.0769. The first-order valence-corrected chi connectivity index (χ1v) is 6.97. The first-order valence-electron chi connectivity index (χ1n) is 5.47. The van der Waals surface area contributed by atoms with Gasteiger partial charge in [-0.2, -0.15) is 0 Å². The van der Waals surface area contributed by atoms with Crippen molar-refractivity contribution in [3.8, 4) is 11.5 Å². The van der Waals surface area contributed by atoms with E-state index in [-0.39, 0.29) is 16.5 Å². The van der Waals surface area contributed by atoms with E-state index < -0.39 is 10.7 Å². The molecule has 0 spiro atoms. The van der Waals surface area contributed by atoms with E-state index >= 15 is 0 Å². The lowest BCUT2D eigenvalue weighted by Gasteiger charge is -2.07. The topological polar surface area (TPSA) is 52.4 Å². The van der Waals surface area contributed by atoms with Gasteiger partial charge in [-0.05, 0) is 24.3 Å². The highest BCUT2D eigenvalue weighted by Gasteiger charge is 2.14. The Hall–Kier alpha value is -1.66. The summed E-state index contributed by atoms with van der Waals surface area (Å²) in [7, 11) is 0. The van der Waals surface area contributed by atoms with Crippen LogP contribution in [0.1, 0.15) is 5.56 Å². The molecule has 0 atom stereocenters. The first-order chi connectivity index (χ1) is 9.51. The fourth-order valence-electron chi connectivity index (χ4n) is 1.59. The van der Waals surface area contributed by atoms with Crippen LogP contribution in [0.15, 0.2) is 36.4 Å². The second-order valence-electron chi connectivity index (χ2n) is 3.86. The zero-order chi connectivity index (χ0) is 14.7. The summed E-state index contributed by atoms with van der Waals surface area (Å²) in [5.41, 5.74) is 0.471. The van der Waals surface area contributed by atoms with Crippen molar-refractivity contribution in [2.24, 2.45) is 0 Å². The van der Waals surface area contributed by atoms with Gasteiger partial charge in [0.15, 0.2) is 0 Å². The van der Waals surface area contributed by atoms with Crippen LogP contribution in [-0.4, -0.2) is 4.92 Å². The monoisotopic (exact) mass is 359 g/mol. The standard InChI is InChI=1S/C13H8BrClFNO3/c14-7-8-5-9(2-4-13(8)17(18)19)20-10-1-3-11(15)12(16)6-10/h1-6H,7H2. The van der Waals surface area contributed by atoms with Crippen molar-refractivity contribution >= 4 is 33.2 Å². The number of nitro groups is 1. The Morgan fingerprint density at radius 2 is 1.90 bits per heavy atom. The summed E-state index contributed by atoms with van der Waals surface area (Å²) >= 11 is 8.76. The van der Waals surface area contributed by atoms with E-state index in [9.17, 15) is 14.5 Å². The molecule has 0 aliphatic carbocycles. The SMILES string of the molecule is O=[N+]([O-])c1ccc(Oc2ccc(Cl)c(F)c2)cc1CBr. The second kappa shape index (κ2) is 6.19. The third kappa shape index (κ3) is 3.26. The Balaban J connectivity index is 2.29. The van der Waals surface area contributed by atoms with Crippen LogP contribution in [-0.2, 0) is 5.33 Å². The van der Waals surface area contributed by atoms with Crippen LogP contribution >= 0.6 is 27.5 Å². The lowest BCUT2D eigenvalue weighted by Crippen LogP contribution is -1.94. The summed E-state index contributed by atoms with van der Waals surface area (Å²) < 4.78 is 18.7. The van der Waals surface area contributed by atoms with E-state index in [1.165, 1.54) is 30.3 Å². The molecular weight excluding hydrogens is 353 g/mol. The molecule has 0 saturated carbocycles. The van der Waals surface area contributed by atoms with Gasteiger partial charge in [0.1, 0.15) is 17.3 Å². The van der Waals surface area contributed by atoms with Gasteiger partial charge < -0.3 is 4.74 Å². The maximum Gasteiger partial charge on any atom is 0.273 e. The van der Waals surface area contributed by atoms with Gasteiger partial charge in [0.05, 0.1) is 9.95 Å². The van der Waals surface area contributed by atoms with Crippen LogP contribution < -0.4 is 4.74 Å². The van der Waals surface area contributed by atoms with Crippen molar-refractivity contribution in [3.05, 3.63) is 62.9 Å². The van der Waals surface area contributed by atoms with Crippen LogP contribution in [0.2, 0.25) is 5.02 Å². The first kappa shape index (κ1) is 14.7. The molecule has 0 aromatic heterocycles. The maximum absolute atomic E-state index is 13.3. The Morgan fingerprint density at radius 1 is 1.25 bits per heavy atom. The number of ether oxygens (including phenoxy) is 1. The van der Waals surface area contributed by atoms with Crippen molar-refractivity contribution in [2.75, 3.05) is 0 Å². The van der Waals surface area contributed by atoms with Crippen molar-refractivity contribution in [1.29, 1.82) is 0 Å². The molecule has 0 radical (unpaired) electrons. The van der Waals surface area contributed by atoms with Gasteiger partial charge in [-0.3, -0.25) is 10.1 Å². The zero-order valence-electron chi connectivity index (χ0n) is 9.98. The molecule has 4 nitrogen and oxygen atoms in total. The van der Waals surface area contributed by atoms with Crippen LogP contribution in [0.5, 0.6) is 11.5 Å². The molecular formula is C13H8BrClFNO3. The molecule has 0 saturated heterocycles. The van der Waals surface area contributed by atoms with Crippen LogP contribution in [0.25, 0.3) is 0 Å². The molecule has 0 fully saturated rings. The number of halogens is 3. The molecule has 2 rings (SSSR count). The average molecular weight is 361 g/mol. The minimum Gasteiger partial charge on any atom is -0.457 e. The Morgan fingerprint density at radius 3 is 2.50 bits per heavy atom. The van der Waals surface area contributed by atoms with Gasteiger partial charge in [-0.25, -0.2) is 4.39 Å². The van der Waals surface area contributed by atoms with E-state index in [1.807, 2.05) is 0 Å². The quantitative estimate of drug-likeness (QED) is 0.434. The van der Waals surface area contributed by atoms with E-state index in [0.29, 0.717) is 16.6 Å². The number of rotatable bonds is 4. The van der Waals surface area contributed by atoms with Crippen molar-refractivity contribution in [2.45, 2.75) is 5.33 Å². The number of alkyl halides is 1. The predicted octanol–water partition coefficient (Wildman–Crippen LogP) is 5.07. The third-order valence-corrected chi connectivity index (χ3v) is 3.43. The van der Waals surface area contributed by atoms with Crippen LogP contribution in [0, 0.1) is 15.9 Å². The smallest absolute Gasteiger partial charge is 0.273 e. The normalized spacial score (nSPS) is 10.3. The molecule has 2 aromatic rings. The van der Waals surface area contributed by atoms with E-state index in [1.54, 1.807) is 0 Å². The molecule has 0 bridgehead atoms. The third-order valence-electron chi connectivity index (χ3n) is 2.52. The molecule has 0 unspecified atom stereocenters.